The monoisotopic (exact) mass is 1570 g/mol. The third-order valence-corrected chi connectivity index (χ3v) is 22.8. The van der Waals surface area contributed by atoms with Gasteiger partial charge in [0.1, 0.15) is 23.2 Å². The number of carboxylic acid groups (broad SMARTS) is 2. The summed E-state index contributed by atoms with van der Waals surface area (Å²) in [6, 6.07) is 31.9. The minimum Gasteiger partial charge on any atom is -0.479 e. The van der Waals surface area contributed by atoms with E-state index in [-0.39, 0.29) is 5.92 Å². The number of carboxylic acids is 2. The molecule has 0 saturated carbocycles. The topological polar surface area (TPSA) is 234 Å². The van der Waals surface area contributed by atoms with Gasteiger partial charge in [-0.3, -0.25) is 23.8 Å². The number of H-pyrrole nitrogens is 1. The van der Waals surface area contributed by atoms with Crippen LogP contribution in [0.1, 0.15) is 125 Å². The van der Waals surface area contributed by atoms with E-state index >= 15 is 0 Å². The van der Waals surface area contributed by atoms with Gasteiger partial charge in [0.15, 0.2) is 12.2 Å². The molecule has 14 rings (SSSR count). The standard InChI is InChI=1S/C37H39ClF2N4O4S.C35H37ClN4O4S.C3H3F5O3S/c1-20-15-27-34(31(21-5-8-24(38)9-6-21)30(20)33(36(45)46)48-37(2,3)4)49-35(41-27)23-7-10-28-26(16-23)32(42-44(28)17-29(39)40)22-11-13-43(14-12-22)25-18-47-19-25;1-19-15-27-32(29(20-5-8-23(36)9-6-20)28(19)31(34(41)42)44-35(2,3)4)45-33(37-27)22-7-10-26-25(16-22)30(39-38-26)21-11-13-40(14-12-21)24-17-43-18-24;4-2(5)1-11-12(9,10)3(6,7)8/h5-10,15-16,22,25,29,33H,11-14,17-19H2,1-4H3,(H,45,46);5-10,15-16,21,24,31H,11-14,17-18H2,1-4H3,(H,38,39)(H,41,42);2H,1H2/t33-;31-;/m00./s1. The van der Waals surface area contributed by atoms with Crippen LogP contribution in [0, 0.1) is 13.8 Å². The maximum atomic E-state index is 13.7. The molecule has 4 fully saturated rings. The van der Waals surface area contributed by atoms with E-state index in [0.29, 0.717) is 44.7 Å². The fourth-order valence-corrected chi connectivity index (χ4v) is 16.8. The maximum Gasteiger partial charge on any atom is 0.523 e. The molecule has 8 heterocycles. The highest BCUT2D eigenvalue weighted by Gasteiger charge is 2.48. The molecule has 4 aliphatic heterocycles. The molecule has 0 spiro atoms. The molecule has 0 radical (unpaired) electrons. The first-order valence-electron chi connectivity index (χ1n) is 34.4. The number of fused-ring (bicyclic) bond motifs is 4. The van der Waals surface area contributed by atoms with E-state index < -0.39 is 77.0 Å². The van der Waals surface area contributed by atoms with E-state index in [2.05, 4.69) is 42.4 Å². The Morgan fingerprint density at radius 2 is 1.05 bits per heavy atom. The van der Waals surface area contributed by atoms with Crippen molar-refractivity contribution in [3.8, 4) is 43.4 Å². The minimum absolute atomic E-state index is 0.154. The Balaban J connectivity index is 0.000000173. The first kappa shape index (κ1) is 78.3. The Hall–Kier alpha value is -7.26. The number of ether oxygens (including phenoxy) is 4. The van der Waals surface area contributed by atoms with Gasteiger partial charge < -0.3 is 29.2 Å². The Kier molecular flexibility index (Phi) is 23.5. The number of nitrogens with one attached hydrogen (secondary N) is 1. The summed E-state index contributed by atoms with van der Waals surface area (Å²) in [5.74, 6) is -1.53. The van der Waals surface area contributed by atoms with E-state index in [4.69, 9.17) is 57.2 Å². The normalized spacial score (nSPS) is 17.0. The smallest absolute Gasteiger partial charge is 0.479 e. The van der Waals surface area contributed by atoms with Crippen molar-refractivity contribution in [1.82, 2.24) is 39.7 Å². The van der Waals surface area contributed by atoms with Gasteiger partial charge in [-0.15, -0.1) is 22.7 Å². The molecule has 0 aliphatic carbocycles. The fourth-order valence-electron chi connectivity index (χ4n) is 13.9. The second-order valence-corrected chi connectivity index (χ2v) is 33.2. The zero-order chi connectivity index (χ0) is 76.1. The van der Waals surface area contributed by atoms with E-state index in [1.807, 2.05) is 122 Å². The van der Waals surface area contributed by atoms with Crippen LogP contribution in [-0.2, 0) is 49.4 Å². The van der Waals surface area contributed by atoms with Gasteiger partial charge in [-0.25, -0.2) is 37.1 Å². The number of likely N-dealkylation sites (tertiary alicyclic amines) is 2. The second-order valence-electron chi connectivity index (χ2n) is 28.7. The summed E-state index contributed by atoms with van der Waals surface area (Å²) in [5.41, 5.74) is 6.04. The summed E-state index contributed by atoms with van der Waals surface area (Å²) < 4.78 is 133. The van der Waals surface area contributed by atoms with Gasteiger partial charge in [0.25, 0.3) is 12.9 Å². The zero-order valence-corrected chi connectivity index (χ0v) is 63.0. The van der Waals surface area contributed by atoms with Crippen molar-refractivity contribution in [2.24, 2.45) is 0 Å². The fraction of sp³-hybridized carbons (Fsp3) is 0.440. The molecule has 31 heteroatoms. The predicted molar refractivity (Wildman–Crippen MR) is 395 cm³/mol. The molecular formula is C75H79Cl2F7N8O11S3. The number of nitrogens with zero attached hydrogens (tertiary/aromatic N) is 7. The summed E-state index contributed by atoms with van der Waals surface area (Å²) in [4.78, 5) is 40.6. The van der Waals surface area contributed by atoms with Gasteiger partial charge in [-0.2, -0.15) is 31.8 Å². The molecule has 0 bridgehead atoms. The van der Waals surface area contributed by atoms with Crippen LogP contribution >= 0.6 is 45.9 Å². The van der Waals surface area contributed by atoms with Crippen LogP contribution in [0.5, 0.6) is 0 Å². The van der Waals surface area contributed by atoms with Gasteiger partial charge >= 0.3 is 27.6 Å². The van der Waals surface area contributed by atoms with Crippen molar-refractivity contribution in [1.29, 1.82) is 0 Å². The Morgan fingerprint density at radius 1 is 0.613 bits per heavy atom. The van der Waals surface area contributed by atoms with Crippen LogP contribution < -0.4 is 0 Å². The van der Waals surface area contributed by atoms with Crippen molar-refractivity contribution >= 4 is 110 Å². The highest BCUT2D eigenvalue weighted by Crippen LogP contribution is 2.48. The van der Waals surface area contributed by atoms with Crippen LogP contribution in [0.25, 0.3) is 85.6 Å². The van der Waals surface area contributed by atoms with E-state index in [0.717, 1.165) is 175 Å². The SMILES string of the molecule is Cc1cc2nc(-c3ccc4c(c3)c(C3CCN(C5COC5)CC3)nn4CC(F)F)sc2c(-c2ccc(Cl)cc2)c1[C@H](OC(C)(C)C)C(=O)O.Cc1cc2nc(-c3ccc4n[nH]c(C5CCN(C6COC6)CC5)c4c3)sc2c(-c2ccc(Cl)cc2)c1[C@H](OC(C)(C)C)C(=O)O.O=S(=O)(OCC(F)F)C(F)(F)F. The molecule has 566 valence electrons. The Bertz CT molecular complexity index is 4960. The molecule has 4 saturated heterocycles. The number of aliphatic carboxylic acids is 2. The molecule has 4 aliphatic rings. The Labute approximate surface area is 625 Å². The number of carbonyl (C=O) groups is 2. The summed E-state index contributed by atoms with van der Waals surface area (Å²) in [6.07, 6.45) is -4.18. The van der Waals surface area contributed by atoms with Crippen molar-refractivity contribution in [2.45, 2.75) is 153 Å². The lowest BCUT2D eigenvalue weighted by atomic mass is 9.90. The molecule has 0 unspecified atom stereocenters. The average Bonchev–Trinajstić information content (AvgIpc) is 1.53. The number of aromatic amines is 1. The number of hydrogen-bond donors (Lipinski definition) is 3. The quantitative estimate of drug-likeness (QED) is 0.0388. The number of alkyl halides is 7. The first-order chi connectivity index (χ1) is 50.1. The van der Waals surface area contributed by atoms with E-state index in [1.165, 1.54) is 21.7 Å². The number of piperidine rings is 2. The highest BCUT2D eigenvalue weighted by atomic mass is 35.5. The predicted octanol–water partition coefficient (Wildman–Crippen LogP) is 17.8. The average molecular weight is 1570 g/mol. The van der Waals surface area contributed by atoms with E-state index in [9.17, 15) is 59.0 Å². The molecule has 4 aromatic heterocycles. The van der Waals surface area contributed by atoms with Gasteiger partial charge in [0.05, 0.1) is 86.9 Å². The van der Waals surface area contributed by atoms with Crippen molar-refractivity contribution < 1.29 is 82.1 Å². The van der Waals surface area contributed by atoms with E-state index in [1.54, 1.807) is 23.5 Å². The summed E-state index contributed by atoms with van der Waals surface area (Å²) in [5, 5.41) is 38.4. The number of rotatable bonds is 19. The molecule has 106 heavy (non-hydrogen) atoms. The number of aromatic nitrogens is 6. The van der Waals surface area contributed by atoms with Crippen molar-refractivity contribution in [3.63, 3.8) is 0 Å². The van der Waals surface area contributed by atoms with Crippen LogP contribution in [0.2, 0.25) is 10.0 Å². The minimum atomic E-state index is -5.87. The summed E-state index contributed by atoms with van der Waals surface area (Å²) in [7, 11) is -5.87. The molecule has 2 atom stereocenters. The van der Waals surface area contributed by atoms with Crippen molar-refractivity contribution in [2.75, 3.05) is 59.2 Å². The summed E-state index contributed by atoms with van der Waals surface area (Å²) >= 11 is 15.6. The van der Waals surface area contributed by atoms with Gasteiger partial charge in [0.2, 0.25) is 0 Å². The first-order valence-corrected chi connectivity index (χ1v) is 38.2. The number of thiazole rings is 2. The Morgan fingerprint density at radius 3 is 1.45 bits per heavy atom. The number of aryl methyl sites for hydroxylation is 2. The lowest BCUT2D eigenvalue weighted by Crippen LogP contribution is -2.51. The van der Waals surface area contributed by atoms with Crippen LogP contribution in [0.15, 0.2) is 97.1 Å². The largest absolute Gasteiger partial charge is 0.523 e. The second kappa shape index (κ2) is 31.7. The van der Waals surface area contributed by atoms with Gasteiger partial charge in [-0.1, -0.05) is 47.5 Å². The third-order valence-electron chi connectivity index (χ3n) is 19.0. The maximum absolute atomic E-state index is 13.7. The van der Waals surface area contributed by atoms with Gasteiger partial charge in [-0.05, 0) is 202 Å². The molecule has 10 aromatic rings. The van der Waals surface area contributed by atoms with Crippen LogP contribution in [0.4, 0.5) is 30.7 Å². The molecule has 6 aromatic carbocycles. The molecular weight excluding hydrogens is 1490 g/mol. The number of benzene rings is 6. The van der Waals surface area contributed by atoms with Crippen molar-refractivity contribution in [3.05, 3.63) is 141 Å². The van der Waals surface area contributed by atoms with Crippen LogP contribution in [0.3, 0.4) is 0 Å². The zero-order valence-electron chi connectivity index (χ0n) is 59.1. The molecule has 0 amide bonds. The third kappa shape index (κ3) is 17.6. The number of hydrogen-bond acceptors (Lipinski definition) is 17. The molecule has 19 nitrogen and oxygen atoms in total. The lowest BCUT2D eigenvalue weighted by Gasteiger charge is -2.41. The van der Waals surface area contributed by atoms with Gasteiger partial charge in [0, 0.05) is 71.7 Å². The van der Waals surface area contributed by atoms with Crippen LogP contribution in [-0.4, -0.2) is 171 Å². The molecule has 3 N–H and O–H groups in total. The summed E-state index contributed by atoms with van der Waals surface area (Å²) in [6.45, 7) is 19.9. The number of halogens is 9. The highest BCUT2D eigenvalue weighted by molar-refractivity contribution is 7.87. The lowest BCUT2D eigenvalue weighted by molar-refractivity contribution is -0.161.